The fourth-order valence-electron chi connectivity index (χ4n) is 4.28. The van der Waals surface area contributed by atoms with Crippen LogP contribution in [0.3, 0.4) is 0 Å². The third kappa shape index (κ3) is 6.64. The number of hydrogen-bond donors (Lipinski definition) is 1. The molecule has 0 amide bonds. The van der Waals surface area contributed by atoms with E-state index in [2.05, 4.69) is 6.92 Å². The minimum atomic E-state index is -0.982. The van der Waals surface area contributed by atoms with Gasteiger partial charge in [-0.2, -0.15) is 0 Å². The first kappa shape index (κ1) is 28.7. The second-order valence-electron chi connectivity index (χ2n) is 9.14. The minimum Gasteiger partial charge on any atom is -0.487 e. The Kier molecular flexibility index (Phi) is 9.33. The first-order valence-corrected chi connectivity index (χ1v) is 13.6. The Hall–Kier alpha value is -3.32. The Labute approximate surface area is 241 Å². The fraction of sp³-hybridized carbons (Fsp3) is 0.233. The van der Waals surface area contributed by atoms with Crippen LogP contribution in [0.5, 0.6) is 5.75 Å². The van der Waals surface area contributed by atoms with Crippen molar-refractivity contribution in [3.63, 3.8) is 0 Å². The van der Waals surface area contributed by atoms with Gasteiger partial charge in [-0.05, 0) is 60.9 Å². The molecule has 1 heterocycles. The van der Waals surface area contributed by atoms with Crippen molar-refractivity contribution < 1.29 is 14.6 Å². The van der Waals surface area contributed by atoms with Crippen molar-refractivity contribution in [2.24, 2.45) is 0 Å². The van der Waals surface area contributed by atoms with Gasteiger partial charge in [0.15, 0.2) is 0 Å². The number of aryl methyl sites for hydroxylation is 2. The lowest BCUT2D eigenvalue weighted by atomic mass is 10.0. The molecule has 0 saturated carbocycles. The van der Waals surface area contributed by atoms with Gasteiger partial charge in [-0.3, -0.25) is 9.36 Å². The van der Waals surface area contributed by atoms with Crippen LogP contribution in [0.4, 0.5) is 0 Å². The van der Waals surface area contributed by atoms with E-state index in [0.29, 0.717) is 49.9 Å². The monoisotopic (exact) mass is 584 g/mol. The van der Waals surface area contributed by atoms with E-state index in [1.807, 2.05) is 6.07 Å². The Morgan fingerprint density at radius 3 is 2.23 bits per heavy atom. The molecule has 0 spiro atoms. The highest BCUT2D eigenvalue weighted by Gasteiger charge is 2.20. The fourth-order valence-corrected chi connectivity index (χ4v) is 5.12. The number of nitrogens with zero attached hydrogens (tertiary/aromatic N) is 2. The largest absolute Gasteiger partial charge is 0.487 e. The van der Waals surface area contributed by atoms with Gasteiger partial charge < -0.3 is 9.84 Å². The molecule has 0 unspecified atom stereocenters. The van der Waals surface area contributed by atoms with Gasteiger partial charge in [-0.15, -0.1) is 0 Å². The van der Waals surface area contributed by atoms with E-state index in [0.717, 1.165) is 24.0 Å². The lowest BCUT2D eigenvalue weighted by molar-refractivity contribution is 0.0697. The number of hydrogen-bond acceptors (Lipinski definition) is 4. The van der Waals surface area contributed by atoms with Crippen molar-refractivity contribution in [1.82, 2.24) is 9.55 Å². The van der Waals surface area contributed by atoms with Crippen LogP contribution in [0.15, 0.2) is 65.5 Å². The molecule has 0 aliphatic heterocycles. The normalized spacial score (nSPS) is 11.0. The molecule has 0 bridgehead atoms. The first-order valence-electron chi connectivity index (χ1n) is 12.5. The maximum Gasteiger partial charge on any atom is 0.335 e. The quantitative estimate of drug-likeness (QED) is 0.205. The van der Waals surface area contributed by atoms with E-state index in [9.17, 15) is 9.59 Å². The second-order valence-corrected chi connectivity index (χ2v) is 10.4. The van der Waals surface area contributed by atoms with Gasteiger partial charge in [0.2, 0.25) is 0 Å². The summed E-state index contributed by atoms with van der Waals surface area (Å²) < 4.78 is 7.52. The third-order valence-electron chi connectivity index (χ3n) is 6.33. The summed E-state index contributed by atoms with van der Waals surface area (Å²) in [7, 11) is 0. The van der Waals surface area contributed by atoms with E-state index in [4.69, 9.17) is 49.6 Å². The Bertz CT molecular complexity index is 1550. The molecule has 0 radical (unpaired) electrons. The Balaban J connectivity index is 1.63. The molecule has 9 heteroatoms. The number of carboxylic acid groups (broad SMARTS) is 1. The number of ether oxygens (including phenoxy) is 1. The summed E-state index contributed by atoms with van der Waals surface area (Å²) >= 11 is 19.5. The minimum absolute atomic E-state index is 0.209. The molecule has 1 N–H and O–H groups in total. The molecular weight excluding hydrogens is 559 g/mol. The van der Waals surface area contributed by atoms with Gasteiger partial charge in [0, 0.05) is 12.0 Å². The second kappa shape index (κ2) is 12.7. The van der Waals surface area contributed by atoms with Crippen molar-refractivity contribution >= 4 is 40.8 Å². The van der Waals surface area contributed by atoms with Crippen molar-refractivity contribution in [1.29, 1.82) is 0 Å². The number of carboxylic acids is 1. The SMILES string of the molecule is CCCCc1nc(C)c(-c2c(Cl)cccc2Cl)c(=O)n1Cc1ccc(OCc2ccc(C(=O)O)cc2)c(Cl)c1. The van der Waals surface area contributed by atoms with E-state index < -0.39 is 5.97 Å². The first-order chi connectivity index (χ1) is 18.7. The molecule has 4 aromatic rings. The van der Waals surface area contributed by atoms with E-state index in [1.165, 1.54) is 12.1 Å². The summed E-state index contributed by atoms with van der Waals surface area (Å²) in [5.41, 5.74) is 3.04. The number of halogens is 3. The van der Waals surface area contributed by atoms with Crippen molar-refractivity contribution in [2.75, 3.05) is 0 Å². The highest BCUT2D eigenvalue weighted by Crippen LogP contribution is 2.34. The maximum absolute atomic E-state index is 13.9. The molecule has 6 nitrogen and oxygen atoms in total. The standard InChI is InChI=1S/C30H27Cl3N2O4/c1-3-4-8-26-34-18(2)27(28-22(31)6-5-7-23(28)32)29(36)35(26)16-20-11-14-25(24(33)15-20)39-17-19-9-12-21(13-10-19)30(37)38/h5-7,9-15H,3-4,8,16-17H2,1-2H3,(H,37,38). The summed E-state index contributed by atoms with van der Waals surface area (Å²) in [6.07, 6.45) is 2.50. The zero-order valence-electron chi connectivity index (χ0n) is 21.5. The number of carbonyl (C=O) groups is 1. The number of benzene rings is 3. The summed E-state index contributed by atoms with van der Waals surface area (Å²) in [4.78, 5) is 29.7. The lowest BCUT2D eigenvalue weighted by Gasteiger charge is -2.18. The zero-order chi connectivity index (χ0) is 28.1. The summed E-state index contributed by atoms with van der Waals surface area (Å²) in [6, 6.07) is 17.0. The molecule has 3 aromatic carbocycles. The maximum atomic E-state index is 13.9. The van der Waals surface area contributed by atoms with Crippen LogP contribution >= 0.6 is 34.8 Å². The van der Waals surface area contributed by atoms with Crippen LogP contribution in [-0.4, -0.2) is 20.6 Å². The van der Waals surface area contributed by atoms with E-state index in [-0.39, 0.29) is 24.3 Å². The van der Waals surface area contributed by atoms with Gasteiger partial charge >= 0.3 is 5.97 Å². The zero-order valence-corrected chi connectivity index (χ0v) is 23.8. The van der Waals surface area contributed by atoms with Gasteiger partial charge in [0.25, 0.3) is 5.56 Å². The third-order valence-corrected chi connectivity index (χ3v) is 7.25. The Morgan fingerprint density at radius 2 is 1.62 bits per heavy atom. The van der Waals surface area contributed by atoms with E-state index in [1.54, 1.807) is 54.0 Å². The van der Waals surface area contributed by atoms with Gasteiger partial charge in [0.05, 0.1) is 38.4 Å². The van der Waals surface area contributed by atoms with Crippen LogP contribution < -0.4 is 10.3 Å². The summed E-state index contributed by atoms with van der Waals surface area (Å²) in [5, 5.41) is 10.2. The molecule has 202 valence electrons. The average Bonchev–Trinajstić information content (AvgIpc) is 2.90. The molecular formula is C30H27Cl3N2O4. The van der Waals surface area contributed by atoms with Crippen LogP contribution in [0.25, 0.3) is 11.1 Å². The van der Waals surface area contributed by atoms with Gasteiger partial charge in [-0.25, -0.2) is 9.78 Å². The summed E-state index contributed by atoms with van der Waals surface area (Å²) in [5.74, 6) is 0.184. The molecule has 0 atom stereocenters. The van der Waals surface area contributed by atoms with Crippen molar-refractivity contribution in [3.8, 4) is 16.9 Å². The predicted molar refractivity (Wildman–Crippen MR) is 156 cm³/mol. The highest BCUT2D eigenvalue weighted by atomic mass is 35.5. The molecule has 0 aliphatic rings. The topological polar surface area (TPSA) is 81.4 Å². The molecule has 0 fully saturated rings. The van der Waals surface area contributed by atoms with Crippen LogP contribution in [-0.2, 0) is 19.6 Å². The van der Waals surface area contributed by atoms with E-state index >= 15 is 0 Å². The smallest absolute Gasteiger partial charge is 0.335 e. The van der Waals surface area contributed by atoms with Crippen LogP contribution in [0, 0.1) is 6.92 Å². The number of aromatic nitrogens is 2. The van der Waals surface area contributed by atoms with Crippen molar-refractivity contribution in [2.45, 2.75) is 46.3 Å². The molecule has 0 aliphatic carbocycles. The van der Waals surface area contributed by atoms with Gasteiger partial charge in [-0.1, -0.05) is 72.4 Å². The van der Waals surface area contributed by atoms with Crippen LogP contribution in [0.2, 0.25) is 15.1 Å². The van der Waals surface area contributed by atoms with Crippen molar-refractivity contribution in [3.05, 3.63) is 114 Å². The number of unbranched alkanes of at least 4 members (excludes halogenated alkanes) is 1. The highest BCUT2D eigenvalue weighted by molar-refractivity contribution is 6.39. The predicted octanol–water partition coefficient (Wildman–Crippen LogP) is 7.85. The number of aromatic carboxylic acids is 1. The molecule has 0 saturated heterocycles. The van der Waals surface area contributed by atoms with Gasteiger partial charge in [0.1, 0.15) is 18.2 Å². The molecule has 39 heavy (non-hydrogen) atoms. The molecule has 4 rings (SSSR count). The average molecular weight is 586 g/mol. The van der Waals surface area contributed by atoms with Crippen LogP contribution in [0.1, 0.15) is 52.8 Å². The summed E-state index contributed by atoms with van der Waals surface area (Å²) in [6.45, 7) is 4.38. The molecule has 1 aromatic heterocycles. The Morgan fingerprint density at radius 1 is 0.949 bits per heavy atom. The lowest BCUT2D eigenvalue weighted by Crippen LogP contribution is -2.28. The number of rotatable bonds is 10.